The summed E-state index contributed by atoms with van der Waals surface area (Å²) < 4.78 is 0. The Morgan fingerprint density at radius 1 is 1.36 bits per heavy atom. The molecule has 0 saturated heterocycles. The average molecular weight is 208 g/mol. The zero-order chi connectivity index (χ0) is 10.4. The van der Waals surface area contributed by atoms with E-state index in [1.807, 2.05) is 36.9 Å². The Balaban J connectivity index is 2.26. The molecule has 1 unspecified atom stereocenters. The van der Waals surface area contributed by atoms with Crippen LogP contribution in [-0.4, -0.2) is 11.5 Å². The molecule has 1 aromatic carbocycles. The van der Waals surface area contributed by atoms with Gasteiger partial charge in [0.1, 0.15) is 5.78 Å². The molecule has 0 fully saturated rings. The summed E-state index contributed by atoms with van der Waals surface area (Å²) in [5.41, 5.74) is 0. The van der Waals surface area contributed by atoms with Gasteiger partial charge in [-0.05, 0) is 31.2 Å². The highest BCUT2D eigenvalue weighted by Gasteiger charge is 2.06. The van der Waals surface area contributed by atoms with Gasteiger partial charge in [0.25, 0.3) is 0 Å². The summed E-state index contributed by atoms with van der Waals surface area (Å²) in [4.78, 5) is 12.3. The number of thioether (sulfide) groups is 1. The molecule has 14 heavy (non-hydrogen) atoms. The zero-order valence-corrected chi connectivity index (χ0v) is 9.51. The van der Waals surface area contributed by atoms with Crippen LogP contribution < -0.4 is 0 Å². The number of Topliss-reactive ketones (excluding diaryl/α,β-unsaturated/α-hetero) is 1. The summed E-state index contributed by atoms with van der Waals surface area (Å²) in [6.45, 7) is 3.66. The van der Waals surface area contributed by atoms with Crippen molar-refractivity contribution in [1.82, 2.24) is 0 Å². The SMILES string of the molecule is CC(=O)C(C)CCSc1ccccc1. The fourth-order valence-corrected chi connectivity index (χ4v) is 2.13. The molecule has 0 aliphatic rings. The van der Waals surface area contributed by atoms with Crippen LogP contribution in [0.5, 0.6) is 0 Å². The lowest BCUT2D eigenvalue weighted by Crippen LogP contribution is -2.06. The fraction of sp³-hybridized carbons (Fsp3) is 0.417. The smallest absolute Gasteiger partial charge is 0.132 e. The summed E-state index contributed by atoms with van der Waals surface area (Å²) in [5.74, 6) is 1.51. The lowest BCUT2D eigenvalue weighted by atomic mass is 10.1. The van der Waals surface area contributed by atoms with E-state index in [0.717, 1.165) is 12.2 Å². The summed E-state index contributed by atoms with van der Waals surface area (Å²) in [5, 5.41) is 0. The maximum Gasteiger partial charge on any atom is 0.132 e. The van der Waals surface area contributed by atoms with Crippen molar-refractivity contribution in [2.75, 3.05) is 5.75 Å². The maximum absolute atomic E-state index is 11.0. The number of benzene rings is 1. The van der Waals surface area contributed by atoms with Crippen LogP contribution in [0, 0.1) is 5.92 Å². The second kappa shape index (κ2) is 5.86. The van der Waals surface area contributed by atoms with Crippen molar-refractivity contribution >= 4 is 17.5 Å². The molecule has 0 spiro atoms. The minimum atomic E-state index is 0.200. The molecule has 0 aromatic heterocycles. The van der Waals surface area contributed by atoms with Gasteiger partial charge in [0.2, 0.25) is 0 Å². The molecular weight excluding hydrogens is 192 g/mol. The molecule has 2 heteroatoms. The lowest BCUT2D eigenvalue weighted by molar-refractivity contribution is -0.120. The summed E-state index contributed by atoms with van der Waals surface area (Å²) in [6.07, 6.45) is 0.967. The molecule has 1 rings (SSSR count). The molecule has 1 aromatic rings. The van der Waals surface area contributed by atoms with E-state index in [-0.39, 0.29) is 5.92 Å². The largest absolute Gasteiger partial charge is 0.300 e. The van der Waals surface area contributed by atoms with Crippen LogP contribution in [0.1, 0.15) is 20.3 Å². The second-order valence-corrected chi connectivity index (χ2v) is 4.63. The fourth-order valence-electron chi connectivity index (χ4n) is 1.07. The Morgan fingerprint density at radius 3 is 2.57 bits per heavy atom. The van der Waals surface area contributed by atoms with Gasteiger partial charge in [-0.15, -0.1) is 11.8 Å². The molecule has 0 aliphatic carbocycles. The number of ketones is 1. The van der Waals surface area contributed by atoms with Crippen molar-refractivity contribution < 1.29 is 4.79 Å². The van der Waals surface area contributed by atoms with Gasteiger partial charge >= 0.3 is 0 Å². The maximum atomic E-state index is 11.0. The van der Waals surface area contributed by atoms with Crippen LogP contribution in [0.4, 0.5) is 0 Å². The minimum Gasteiger partial charge on any atom is -0.300 e. The first kappa shape index (κ1) is 11.3. The Kier molecular flexibility index (Phi) is 4.74. The second-order valence-electron chi connectivity index (χ2n) is 3.46. The predicted molar refractivity (Wildman–Crippen MR) is 61.6 cm³/mol. The van der Waals surface area contributed by atoms with Crippen molar-refractivity contribution in [2.45, 2.75) is 25.2 Å². The van der Waals surface area contributed by atoms with Crippen LogP contribution in [0.25, 0.3) is 0 Å². The Labute approximate surface area is 89.9 Å². The van der Waals surface area contributed by atoms with E-state index in [9.17, 15) is 4.79 Å². The van der Waals surface area contributed by atoms with Gasteiger partial charge in [0, 0.05) is 10.8 Å². The normalized spacial score (nSPS) is 12.4. The number of carbonyl (C=O) groups is 1. The molecule has 0 heterocycles. The first-order chi connectivity index (χ1) is 6.70. The van der Waals surface area contributed by atoms with Gasteiger partial charge in [0.15, 0.2) is 0 Å². The Hall–Kier alpha value is -0.760. The topological polar surface area (TPSA) is 17.1 Å². The average Bonchev–Trinajstić information content (AvgIpc) is 2.19. The molecule has 0 amide bonds. The zero-order valence-electron chi connectivity index (χ0n) is 8.69. The molecular formula is C12H16OS. The standard InChI is InChI=1S/C12H16OS/c1-10(11(2)13)8-9-14-12-6-4-3-5-7-12/h3-7,10H,8-9H2,1-2H3. The Bertz CT molecular complexity index is 282. The highest BCUT2D eigenvalue weighted by Crippen LogP contribution is 2.19. The third-order valence-electron chi connectivity index (χ3n) is 2.26. The molecule has 76 valence electrons. The van der Waals surface area contributed by atoms with E-state index in [1.165, 1.54) is 4.90 Å². The van der Waals surface area contributed by atoms with Crippen molar-refractivity contribution in [3.63, 3.8) is 0 Å². The molecule has 1 atom stereocenters. The van der Waals surface area contributed by atoms with Crippen molar-refractivity contribution in [3.8, 4) is 0 Å². The van der Waals surface area contributed by atoms with Gasteiger partial charge in [-0.2, -0.15) is 0 Å². The predicted octanol–water partition coefficient (Wildman–Crippen LogP) is 3.39. The van der Waals surface area contributed by atoms with Crippen LogP contribution in [0.15, 0.2) is 35.2 Å². The number of rotatable bonds is 5. The molecule has 0 bridgehead atoms. The van der Waals surface area contributed by atoms with Crippen LogP contribution in [0.2, 0.25) is 0 Å². The molecule has 0 saturated carbocycles. The van der Waals surface area contributed by atoms with Crippen molar-refractivity contribution in [1.29, 1.82) is 0 Å². The number of hydrogen-bond donors (Lipinski definition) is 0. The molecule has 0 radical (unpaired) electrons. The molecule has 1 nitrogen and oxygen atoms in total. The van der Waals surface area contributed by atoms with Gasteiger partial charge in [-0.1, -0.05) is 25.1 Å². The summed E-state index contributed by atoms with van der Waals surface area (Å²) in [6, 6.07) is 10.3. The highest BCUT2D eigenvalue weighted by molar-refractivity contribution is 7.99. The van der Waals surface area contributed by atoms with E-state index in [0.29, 0.717) is 5.78 Å². The van der Waals surface area contributed by atoms with E-state index in [2.05, 4.69) is 12.1 Å². The van der Waals surface area contributed by atoms with E-state index in [1.54, 1.807) is 6.92 Å². The van der Waals surface area contributed by atoms with E-state index < -0.39 is 0 Å². The third-order valence-corrected chi connectivity index (χ3v) is 3.30. The quantitative estimate of drug-likeness (QED) is 0.690. The number of hydrogen-bond acceptors (Lipinski definition) is 2. The van der Waals surface area contributed by atoms with Crippen LogP contribution >= 0.6 is 11.8 Å². The van der Waals surface area contributed by atoms with Crippen molar-refractivity contribution in [2.24, 2.45) is 5.92 Å². The lowest BCUT2D eigenvalue weighted by Gasteiger charge is -2.06. The molecule has 0 aliphatic heterocycles. The third kappa shape index (κ3) is 3.97. The Morgan fingerprint density at radius 2 is 2.00 bits per heavy atom. The van der Waals surface area contributed by atoms with E-state index >= 15 is 0 Å². The minimum absolute atomic E-state index is 0.200. The van der Waals surface area contributed by atoms with Crippen LogP contribution in [0.3, 0.4) is 0 Å². The van der Waals surface area contributed by atoms with E-state index in [4.69, 9.17) is 0 Å². The highest BCUT2D eigenvalue weighted by atomic mass is 32.2. The van der Waals surface area contributed by atoms with Crippen molar-refractivity contribution in [3.05, 3.63) is 30.3 Å². The van der Waals surface area contributed by atoms with Gasteiger partial charge in [0.05, 0.1) is 0 Å². The van der Waals surface area contributed by atoms with Gasteiger partial charge in [-0.25, -0.2) is 0 Å². The molecule has 0 N–H and O–H groups in total. The van der Waals surface area contributed by atoms with Crippen LogP contribution in [-0.2, 0) is 4.79 Å². The van der Waals surface area contributed by atoms with Gasteiger partial charge in [-0.3, -0.25) is 4.79 Å². The summed E-state index contributed by atoms with van der Waals surface area (Å²) >= 11 is 1.81. The first-order valence-electron chi connectivity index (χ1n) is 4.88. The number of carbonyl (C=O) groups excluding carboxylic acids is 1. The summed E-state index contributed by atoms with van der Waals surface area (Å²) in [7, 11) is 0. The monoisotopic (exact) mass is 208 g/mol. The van der Waals surface area contributed by atoms with Gasteiger partial charge < -0.3 is 0 Å². The first-order valence-corrected chi connectivity index (χ1v) is 5.87.